The lowest BCUT2D eigenvalue weighted by Gasteiger charge is -2.03. The molecule has 8 heteroatoms. The maximum absolute atomic E-state index is 10.9. The molecule has 0 fully saturated rings. The number of Topliss-reactive ketones (excluding diaryl/α,β-unsaturated/α-hetero) is 1. The Morgan fingerprint density at radius 1 is 1.19 bits per heavy atom. The number of carbonyl (C=O) groups is 1. The minimum Gasteiger partial charge on any atom is -0.412 e. The Balaban J connectivity index is -0.0000000748. The summed E-state index contributed by atoms with van der Waals surface area (Å²) < 4.78 is 4.72. The Morgan fingerprint density at radius 3 is 1.94 bits per heavy atom. The molecule has 1 aromatic rings. The largest absolute Gasteiger partial charge is 0.412 e. The van der Waals surface area contributed by atoms with E-state index < -0.39 is 0 Å². The number of methoxy groups -OCH3 is 1. The Morgan fingerprint density at radius 2 is 1.66 bits per heavy atom. The summed E-state index contributed by atoms with van der Waals surface area (Å²) in [4.78, 5) is 11.8. The quantitative estimate of drug-likeness (QED) is 0.266. The number of ketones is 1. The third-order valence-electron chi connectivity index (χ3n) is 3.06. The molecule has 6 nitrogen and oxygen atoms in total. The summed E-state index contributed by atoms with van der Waals surface area (Å²) in [5.41, 5.74) is 1.41. The van der Waals surface area contributed by atoms with Crippen molar-refractivity contribution in [1.29, 1.82) is 0 Å². The molecule has 0 aliphatic heterocycles. The number of thiol groups is 1. The van der Waals surface area contributed by atoms with Crippen molar-refractivity contribution < 1.29 is 25.6 Å². The number of benzene rings is 1. The van der Waals surface area contributed by atoms with Gasteiger partial charge in [-0.05, 0) is 43.8 Å². The second-order valence-electron chi connectivity index (χ2n) is 5.54. The SMILES string of the molecule is C=C(C(C)=O)c1ccc(S)cc1.CC.CC.CCCSC(C)CO.CNCCOC.O.O. The fourth-order valence-electron chi connectivity index (χ4n) is 1.44. The highest BCUT2D eigenvalue weighted by Gasteiger charge is 2.02. The first kappa shape index (κ1) is 44.7. The Kier molecular flexibility index (Phi) is 52.4. The standard InChI is InChI=1S/C10H10OS.C6H14OS.C4H11NO.2C2H6.2H2O/c1-7(8(2)11)9-3-5-10(12)6-4-9;1-3-4-8-6(2)5-7;1-5-3-4-6-2;2*1-2;;/h3-6,12H,1H2,2H3;6-7H,3-5H2,1-2H3;5H,3-4H2,1-2H3;2*1-2H3;2*1H2. The molecule has 0 heterocycles. The molecule has 6 N–H and O–H groups in total. The van der Waals surface area contributed by atoms with Crippen molar-refractivity contribution in [2.24, 2.45) is 0 Å². The molecule has 1 aromatic carbocycles. The van der Waals surface area contributed by atoms with Gasteiger partial charge in [0.1, 0.15) is 0 Å². The van der Waals surface area contributed by atoms with E-state index in [1.54, 1.807) is 7.11 Å². The average molecular weight is 498 g/mol. The van der Waals surface area contributed by atoms with Crippen molar-refractivity contribution in [3.63, 3.8) is 0 Å². The fourth-order valence-corrected chi connectivity index (χ4v) is 2.33. The van der Waals surface area contributed by atoms with Gasteiger partial charge in [-0.3, -0.25) is 4.79 Å². The van der Waals surface area contributed by atoms with Gasteiger partial charge >= 0.3 is 0 Å². The van der Waals surface area contributed by atoms with Crippen LogP contribution in [0.4, 0.5) is 0 Å². The van der Waals surface area contributed by atoms with Gasteiger partial charge in [-0.1, -0.05) is 60.3 Å². The molecular formula is C24H51NO5S2. The normalized spacial score (nSPS) is 9.09. The minimum atomic E-state index is 0. The van der Waals surface area contributed by atoms with Crippen molar-refractivity contribution in [2.45, 2.75) is 65.0 Å². The van der Waals surface area contributed by atoms with Crippen LogP contribution in [0.25, 0.3) is 5.57 Å². The summed E-state index contributed by atoms with van der Waals surface area (Å²) in [6.07, 6.45) is 1.20. The molecule has 32 heavy (non-hydrogen) atoms. The van der Waals surface area contributed by atoms with Crippen LogP contribution in [-0.2, 0) is 9.53 Å². The number of nitrogens with one attached hydrogen (secondary N) is 1. The van der Waals surface area contributed by atoms with Crippen LogP contribution in [0.15, 0.2) is 35.7 Å². The van der Waals surface area contributed by atoms with Gasteiger partial charge < -0.3 is 26.1 Å². The van der Waals surface area contributed by atoms with Gasteiger partial charge in [0.05, 0.1) is 13.2 Å². The van der Waals surface area contributed by atoms with Crippen LogP contribution in [-0.4, -0.2) is 66.8 Å². The molecule has 0 saturated heterocycles. The van der Waals surface area contributed by atoms with Gasteiger partial charge in [-0.15, -0.1) is 12.6 Å². The fraction of sp³-hybridized carbons (Fsp3) is 0.625. The van der Waals surface area contributed by atoms with Crippen molar-refractivity contribution in [3.8, 4) is 0 Å². The number of hydrogen-bond donors (Lipinski definition) is 3. The van der Waals surface area contributed by atoms with Crippen molar-refractivity contribution >= 4 is 35.7 Å². The van der Waals surface area contributed by atoms with Crippen LogP contribution in [0, 0.1) is 0 Å². The van der Waals surface area contributed by atoms with Crippen molar-refractivity contribution in [2.75, 3.05) is 39.7 Å². The van der Waals surface area contributed by atoms with Gasteiger partial charge in [0.25, 0.3) is 0 Å². The van der Waals surface area contributed by atoms with Gasteiger partial charge in [0.2, 0.25) is 0 Å². The van der Waals surface area contributed by atoms with E-state index in [0.717, 1.165) is 23.6 Å². The molecule has 0 aliphatic carbocycles. The summed E-state index contributed by atoms with van der Waals surface area (Å²) in [6.45, 7) is 19.4. The molecule has 0 aliphatic rings. The van der Waals surface area contributed by atoms with Gasteiger partial charge in [-0.2, -0.15) is 11.8 Å². The lowest BCUT2D eigenvalue weighted by Crippen LogP contribution is -2.12. The number of ether oxygens (including phenoxy) is 1. The van der Waals surface area contributed by atoms with Crippen molar-refractivity contribution in [1.82, 2.24) is 5.32 Å². The third kappa shape index (κ3) is 33.8. The van der Waals surface area contributed by atoms with E-state index >= 15 is 0 Å². The molecule has 0 aromatic heterocycles. The predicted molar refractivity (Wildman–Crippen MR) is 148 cm³/mol. The van der Waals surface area contributed by atoms with E-state index in [-0.39, 0.29) is 16.7 Å². The zero-order valence-corrected chi connectivity index (χ0v) is 23.5. The minimum absolute atomic E-state index is 0. The zero-order chi connectivity index (χ0) is 24.4. The molecular weight excluding hydrogens is 446 g/mol. The number of allylic oxidation sites excluding steroid dienone is 1. The summed E-state index contributed by atoms with van der Waals surface area (Å²) in [5.74, 6) is 1.17. The third-order valence-corrected chi connectivity index (χ3v) is 4.72. The summed E-state index contributed by atoms with van der Waals surface area (Å²) >= 11 is 5.96. The molecule has 0 bridgehead atoms. The highest BCUT2D eigenvalue weighted by molar-refractivity contribution is 7.99. The highest BCUT2D eigenvalue weighted by Crippen LogP contribution is 2.15. The number of rotatable bonds is 9. The van der Waals surface area contributed by atoms with Gasteiger partial charge in [0.15, 0.2) is 5.78 Å². The second kappa shape index (κ2) is 37.4. The van der Waals surface area contributed by atoms with Crippen molar-refractivity contribution in [3.05, 3.63) is 36.4 Å². The summed E-state index contributed by atoms with van der Waals surface area (Å²) in [6, 6.07) is 7.36. The average Bonchev–Trinajstić information content (AvgIpc) is 2.79. The number of carbonyl (C=O) groups excluding carboxylic acids is 1. The first-order valence-corrected chi connectivity index (χ1v) is 12.2. The molecule has 1 atom stereocenters. The Hall–Kier alpha value is -0.870. The van der Waals surface area contributed by atoms with E-state index in [0.29, 0.717) is 17.4 Å². The summed E-state index contributed by atoms with van der Waals surface area (Å²) in [7, 11) is 3.59. The Bertz CT molecular complexity index is 482. The van der Waals surface area contributed by atoms with Crippen LogP contribution in [0.3, 0.4) is 0 Å². The van der Waals surface area contributed by atoms with Gasteiger partial charge in [0, 0.05) is 29.4 Å². The number of likely N-dealkylation sites (N-methyl/N-ethyl adjacent to an activating group) is 1. The number of hydrogen-bond acceptors (Lipinski definition) is 6. The Labute approximate surface area is 207 Å². The molecule has 0 saturated carbocycles. The molecule has 194 valence electrons. The monoisotopic (exact) mass is 497 g/mol. The lowest BCUT2D eigenvalue weighted by atomic mass is 10.1. The second-order valence-corrected chi connectivity index (χ2v) is 7.60. The predicted octanol–water partition coefficient (Wildman–Crippen LogP) is 4.34. The summed E-state index contributed by atoms with van der Waals surface area (Å²) in [5, 5.41) is 11.9. The zero-order valence-electron chi connectivity index (χ0n) is 21.7. The smallest absolute Gasteiger partial charge is 0.159 e. The number of thioether (sulfide) groups is 1. The first-order chi connectivity index (χ1) is 14.3. The maximum atomic E-state index is 10.9. The maximum Gasteiger partial charge on any atom is 0.159 e. The van der Waals surface area contributed by atoms with E-state index in [2.05, 4.69) is 31.4 Å². The van der Waals surface area contributed by atoms with E-state index in [9.17, 15) is 4.79 Å². The molecule has 0 amide bonds. The van der Waals surface area contributed by atoms with Crippen LogP contribution >= 0.6 is 24.4 Å². The molecule has 1 rings (SSSR count). The van der Waals surface area contributed by atoms with Crippen LogP contribution in [0.5, 0.6) is 0 Å². The molecule has 0 spiro atoms. The topological polar surface area (TPSA) is 122 Å². The number of aliphatic hydroxyl groups excluding tert-OH is 1. The lowest BCUT2D eigenvalue weighted by molar-refractivity contribution is -0.111. The van der Waals surface area contributed by atoms with E-state index in [1.165, 1.54) is 19.1 Å². The molecule has 1 unspecified atom stereocenters. The van der Waals surface area contributed by atoms with E-state index in [4.69, 9.17) is 9.84 Å². The number of aliphatic hydroxyl groups is 1. The molecule has 0 radical (unpaired) electrons. The van der Waals surface area contributed by atoms with Crippen LogP contribution < -0.4 is 5.32 Å². The highest BCUT2D eigenvalue weighted by atomic mass is 32.2. The van der Waals surface area contributed by atoms with Gasteiger partial charge in [-0.25, -0.2) is 0 Å². The van der Waals surface area contributed by atoms with Crippen LogP contribution in [0.1, 0.15) is 60.5 Å². The van der Waals surface area contributed by atoms with E-state index in [1.807, 2.05) is 77.7 Å². The van der Waals surface area contributed by atoms with Crippen LogP contribution in [0.2, 0.25) is 0 Å². The first-order valence-electron chi connectivity index (χ1n) is 10.7.